The van der Waals surface area contributed by atoms with Crippen LogP contribution in [0.4, 0.5) is 5.69 Å². The zero-order valence-electron chi connectivity index (χ0n) is 16.2. The zero-order chi connectivity index (χ0) is 22.3. The van der Waals surface area contributed by atoms with Crippen LogP contribution in [-0.2, 0) is 19.1 Å². The minimum absolute atomic E-state index is 0.0874. The Morgan fingerprint density at radius 2 is 1.77 bits per heavy atom. The fraction of sp³-hybridized carbons (Fsp3) is 0.250. The molecule has 1 amide bonds. The Labute approximate surface area is 171 Å². The van der Waals surface area contributed by atoms with E-state index in [9.17, 15) is 29.6 Å². The molecule has 10 heteroatoms. The number of hydrogen-bond donors (Lipinski definition) is 2. The van der Waals surface area contributed by atoms with Crippen molar-refractivity contribution in [1.29, 1.82) is 0 Å². The van der Waals surface area contributed by atoms with Gasteiger partial charge < -0.3 is 19.9 Å². The normalized spacial score (nSPS) is 12.3. The molecule has 2 aromatic rings. The van der Waals surface area contributed by atoms with E-state index >= 15 is 0 Å². The fourth-order valence-electron chi connectivity index (χ4n) is 2.86. The summed E-state index contributed by atoms with van der Waals surface area (Å²) in [5, 5.41) is 23.0. The van der Waals surface area contributed by atoms with Crippen molar-refractivity contribution in [2.75, 3.05) is 14.2 Å². The van der Waals surface area contributed by atoms with Crippen LogP contribution in [-0.4, -0.2) is 48.1 Å². The van der Waals surface area contributed by atoms with Gasteiger partial charge in [0.25, 0.3) is 11.6 Å². The molecule has 30 heavy (non-hydrogen) atoms. The number of hydrogen-bond acceptors (Lipinski definition) is 8. The van der Waals surface area contributed by atoms with Gasteiger partial charge in [0.2, 0.25) is 0 Å². The number of aromatic hydroxyl groups is 1. The maximum atomic E-state index is 12.6. The van der Waals surface area contributed by atoms with E-state index in [0.717, 1.165) is 7.11 Å². The Morgan fingerprint density at radius 3 is 2.30 bits per heavy atom. The molecular formula is C20H20N2O8. The second kappa shape index (κ2) is 10.0. The van der Waals surface area contributed by atoms with Crippen molar-refractivity contribution in [3.63, 3.8) is 0 Å². The van der Waals surface area contributed by atoms with Crippen molar-refractivity contribution >= 4 is 23.5 Å². The molecule has 2 aromatic carbocycles. The van der Waals surface area contributed by atoms with Crippen LogP contribution in [0.2, 0.25) is 0 Å². The Balaban J connectivity index is 2.42. The number of nitro groups is 1. The molecule has 0 aliphatic carbocycles. The summed E-state index contributed by atoms with van der Waals surface area (Å²) >= 11 is 0. The number of rotatable bonds is 8. The minimum Gasteiger partial charge on any atom is -0.508 e. The van der Waals surface area contributed by atoms with Crippen LogP contribution in [0.25, 0.3) is 0 Å². The number of carbonyl (C=O) groups is 3. The molecule has 0 saturated carbocycles. The zero-order valence-corrected chi connectivity index (χ0v) is 16.2. The van der Waals surface area contributed by atoms with Crippen LogP contribution in [0, 0.1) is 10.1 Å². The summed E-state index contributed by atoms with van der Waals surface area (Å²) in [6.07, 6.45) is -0.297. The summed E-state index contributed by atoms with van der Waals surface area (Å²) in [6.45, 7) is 0. The monoisotopic (exact) mass is 416 g/mol. The SMILES string of the molecule is COC(=O)C[C@H](c1ccc([N+](=O)[O-])cc1)[C@H](NC(=O)c1cccc(O)c1)C(=O)OC. The van der Waals surface area contributed by atoms with Gasteiger partial charge in [-0.25, -0.2) is 4.79 Å². The number of non-ortho nitro benzene ring substituents is 1. The highest BCUT2D eigenvalue weighted by atomic mass is 16.6. The number of phenols is 1. The highest BCUT2D eigenvalue weighted by Gasteiger charge is 2.34. The molecule has 0 fully saturated rings. The van der Waals surface area contributed by atoms with Gasteiger partial charge in [0.1, 0.15) is 11.8 Å². The average Bonchev–Trinajstić information content (AvgIpc) is 2.75. The van der Waals surface area contributed by atoms with E-state index in [1.54, 1.807) is 0 Å². The van der Waals surface area contributed by atoms with Crippen LogP contribution in [0.5, 0.6) is 5.75 Å². The van der Waals surface area contributed by atoms with E-state index < -0.39 is 34.7 Å². The summed E-state index contributed by atoms with van der Waals surface area (Å²) in [5.41, 5.74) is 0.302. The molecule has 2 N–H and O–H groups in total. The Hall–Kier alpha value is -3.95. The highest BCUT2D eigenvalue weighted by molar-refractivity contribution is 5.97. The molecule has 2 atom stereocenters. The quantitative estimate of drug-likeness (QED) is 0.377. The van der Waals surface area contributed by atoms with Crippen molar-refractivity contribution in [3.05, 3.63) is 69.8 Å². The number of esters is 2. The first kappa shape index (κ1) is 22.3. The number of benzene rings is 2. The highest BCUT2D eigenvalue weighted by Crippen LogP contribution is 2.27. The van der Waals surface area contributed by atoms with Gasteiger partial charge in [-0.1, -0.05) is 18.2 Å². The van der Waals surface area contributed by atoms with E-state index in [1.807, 2.05) is 0 Å². The van der Waals surface area contributed by atoms with Gasteiger partial charge in [-0.2, -0.15) is 0 Å². The first-order valence-corrected chi connectivity index (χ1v) is 8.75. The third-order valence-corrected chi connectivity index (χ3v) is 4.40. The number of amides is 1. The van der Waals surface area contributed by atoms with E-state index in [-0.39, 0.29) is 23.4 Å². The maximum Gasteiger partial charge on any atom is 0.329 e. The third-order valence-electron chi connectivity index (χ3n) is 4.40. The Bertz CT molecular complexity index is 942. The number of nitrogens with zero attached hydrogens (tertiary/aromatic N) is 1. The Kier molecular flexibility index (Phi) is 7.45. The number of methoxy groups -OCH3 is 2. The average molecular weight is 416 g/mol. The number of phenolic OH excluding ortho intramolecular Hbond substituents is 1. The largest absolute Gasteiger partial charge is 0.508 e. The second-order valence-corrected chi connectivity index (χ2v) is 6.26. The van der Waals surface area contributed by atoms with Gasteiger partial charge >= 0.3 is 11.9 Å². The van der Waals surface area contributed by atoms with Gasteiger partial charge in [-0.15, -0.1) is 0 Å². The molecule has 0 radical (unpaired) electrons. The molecule has 158 valence electrons. The van der Waals surface area contributed by atoms with Crippen molar-refractivity contribution in [1.82, 2.24) is 5.32 Å². The van der Waals surface area contributed by atoms with Crippen LogP contribution in [0.15, 0.2) is 48.5 Å². The summed E-state index contributed by atoms with van der Waals surface area (Å²) in [5.74, 6) is -3.22. The molecule has 10 nitrogen and oxygen atoms in total. The first-order valence-electron chi connectivity index (χ1n) is 8.75. The molecule has 0 saturated heterocycles. The summed E-state index contributed by atoms with van der Waals surface area (Å²) in [4.78, 5) is 47.4. The molecular weight excluding hydrogens is 396 g/mol. The lowest BCUT2D eigenvalue weighted by Gasteiger charge is -2.26. The van der Waals surface area contributed by atoms with E-state index in [1.165, 1.54) is 55.6 Å². The predicted molar refractivity (Wildman–Crippen MR) is 104 cm³/mol. The van der Waals surface area contributed by atoms with Gasteiger partial charge in [0.15, 0.2) is 0 Å². The Morgan fingerprint density at radius 1 is 1.10 bits per heavy atom. The van der Waals surface area contributed by atoms with Crippen LogP contribution in [0.3, 0.4) is 0 Å². The van der Waals surface area contributed by atoms with Crippen LogP contribution >= 0.6 is 0 Å². The lowest BCUT2D eigenvalue weighted by atomic mass is 9.88. The molecule has 0 bridgehead atoms. The van der Waals surface area contributed by atoms with Gasteiger partial charge in [-0.3, -0.25) is 19.7 Å². The van der Waals surface area contributed by atoms with E-state index in [0.29, 0.717) is 5.56 Å². The third kappa shape index (κ3) is 5.53. The maximum absolute atomic E-state index is 12.6. The fourth-order valence-corrected chi connectivity index (χ4v) is 2.86. The summed E-state index contributed by atoms with van der Waals surface area (Å²) in [6, 6.07) is 9.42. The van der Waals surface area contributed by atoms with E-state index in [2.05, 4.69) is 10.1 Å². The second-order valence-electron chi connectivity index (χ2n) is 6.26. The molecule has 0 unspecified atom stereocenters. The smallest absolute Gasteiger partial charge is 0.329 e. The molecule has 0 heterocycles. The standard InChI is InChI=1S/C20H20N2O8/c1-29-17(24)11-16(12-6-8-14(9-7-12)22(27)28)18(20(26)30-2)21-19(25)13-4-3-5-15(23)10-13/h3-10,16,18,23H,11H2,1-2H3,(H,21,25)/t16-,18+/m1/s1. The number of ether oxygens (including phenoxy) is 2. The number of nitro benzene ring substituents is 1. The molecule has 0 spiro atoms. The topological polar surface area (TPSA) is 145 Å². The van der Waals surface area contributed by atoms with Crippen molar-refractivity contribution in [3.8, 4) is 5.75 Å². The van der Waals surface area contributed by atoms with Crippen LogP contribution < -0.4 is 5.32 Å². The lowest BCUT2D eigenvalue weighted by Crippen LogP contribution is -2.46. The van der Waals surface area contributed by atoms with E-state index in [4.69, 9.17) is 4.74 Å². The molecule has 0 aromatic heterocycles. The molecule has 0 aliphatic rings. The van der Waals surface area contributed by atoms with Gasteiger partial charge in [0, 0.05) is 23.6 Å². The van der Waals surface area contributed by atoms with Crippen molar-refractivity contribution in [2.24, 2.45) is 0 Å². The lowest BCUT2D eigenvalue weighted by molar-refractivity contribution is -0.384. The summed E-state index contributed by atoms with van der Waals surface area (Å²) in [7, 11) is 2.30. The number of carbonyl (C=O) groups excluding carboxylic acids is 3. The number of nitrogens with one attached hydrogen (secondary N) is 1. The van der Waals surface area contributed by atoms with Gasteiger partial charge in [0.05, 0.1) is 25.6 Å². The predicted octanol–water partition coefficient (Wildman–Crippen LogP) is 1.92. The van der Waals surface area contributed by atoms with Gasteiger partial charge in [-0.05, 0) is 23.8 Å². The van der Waals surface area contributed by atoms with Crippen LogP contribution in [0.1, 0.15) is 28.3 Å². The summed E-state index contributed by atoms with van der Waals surface area (Å²) < 4.78 is 9.48. The minimum atomic E-state index is -1.30. The first-order chi connectivity index (χ1) is 14.3. The molecule has 0 aliphatic heterocycles. The molecule has 2 rings (SSSR count). The van der Waals surface area contributed by atoms with Crippen molar-refractivity contribution < 1.29 is 33.9 Å². The van der Waals surface area contributed by atoms with Crippen molar-refractivity contribution in [2.45, 2.75) is 18.4 Å².